The second kappa shape index (κ2) is 4.10. The van der Waals surface area contributed by atoms with Crippen molar-refractivity contribution in [3.05, 3.63) is 34.6 Å². The minimum Gasteiger partial charge on any atom is -0.207 e. The maximum atomic E-state index is 13.4. The van der Waals surface area contributed by atoms with Crippen molar-refractivity contribution in [2.75, 3.05) is 0 Å². The molecular formula is C11H14ClF. The first-order valence-corrected chi connectivity index (χ1v) is 4.85. The van der Waals surface area contributed by atoms with Crippen molar-refractivity contribution in [1.29, 1.82) is 0 Å². The van der Waals surface area contributed by atoms with Gasteiger partial charge in [-0.15, -0.1) is 0 Å². The molecule has 0 spiro atoms. The van der Waals surface area contributed by atoms with Crippen LogP contribution in [0.5, 0.6) is 0 Å². The van der Waals surface area contributed by atoms with Crippen LogP contribution in [0.1, 0.15) is 32.3 Å². The number of rotatable bonds is 2. The third-order valence-corrected chi connectivity index (χ3v) is 2.69. The highest BCUT2D eigenvalue weighted by Crippen LogP contribution is 2.27. The van der Waals surface area contributed by atoms with E-state index in [4.69, 9.17) is 11.6 Å². The van der Waals surface area contributed by atoms with Gasteiger partial charge in [-0.3, -0.25) is 0 Å². The average molecular weight is 201 g/mol. The Labute approximate surface area is 83.7 Å². The second-order valence-electron chi connectivity index (χ2n) is 3.70. The lowest BCUT2D eigenvalue weighted by Gasteiger charge is -2.16. The molecule has 0 amide bonds. The Morgan fingerprint density at radius 3 is 2.31 bits per heavy atom. The molecule has 0 aliphatic rings. The van der Waals surface area contributed by atoms with Crippen LogP contribution in [0.15, 0.2) is 18.2 Å². The molecule has 0 unspecified atom stereocenters. The van der Waals surface area contributed by atoms with Crippen LogP contribution in [0.3, 0.4) is 0 Å². The fourth-order valence-electron chi connectivity index (χ4n) is 1.23. The minimum atomic E-state index is -0.200. The second-order valence-corrected chi connectivity index (χ2v) is 4.13. The van der Waals surface area contributed by atoms with E-state index in [0.717, 1.165) is 5.56 Å². The van der Waals surface area contributed by atoms with E-state index >= 15 is 0 Å². The van der Waals surface area contributed by atoms with Gasteiger partial charge in [0.25, 0.3) is 0 Å². The van der Waals surface area contributed by atoms with Gasteiger partial charge in [0.1, 0.15) is 5.82 Å². The van der Waals surface area contributed by atoms with Crippen LogP contribution in [-0.4, -0.2) is 0 Å². The standard InChI is InChI=1S/C11H14ClF/c1-7(2)8(3)10-5-4-9(12)6-11(10)13/h4-8H,1-3H3/t8-/m1/s1. The molecule has 72 valence electrons. The van der Waals surface area contributed by atoms with Gasteiger partial charge in [0.15, 0.2) is 0 Å². The molecule has 0 fully saturated rings. The van der Waals surface area contributed by atoms with Gasteiger partial charge in [0, 0.05) is 5.02 Å². The van der Waals surface area contributed by atoms with Crippen molar-refractivity contribution >= 4 is 11.6 Å². The Kier molecular flexibility index (Phi) is 3.32. The maximum Gasteiger partial charge on any atom is 0.128 e. The maximum absolute atomic E-state index is 13.4. The van der Waals surface area contributed by atoms with Crippen LogP contribution in [0, 0.1) is 11.7 Å². The summed E-state index contributed by atoms with van der Waals surface area (Å²) in [6.07, 6.45) is 0. The van der Waals surface area contributed by atoms with E-state index in [1.165, 1.54) is 6.07 Å². The van der Waals surface area contributed by atoms with Crippen molar-refractivity contribution in [3.8, 4) is 0 Å². The van der Waals surface area contributed by atoms with Crippen molar-refractivity contribution in [2.45, 2.75) is 26.7 Å². The third-order valence-electron chi connectivity index (χ3n) is 2.45. The molecule has 0 aliphatic heterocycles. The number of hydrogen-bond donors (Lipinski definition) is 0. The minimum absolute atomic E-state index is 0.200. The highest BCUT2D eigenvalue weighted by molar-refractivity contribution is 6.30. The molecule has 1 atom stereocenters. The largest absolute Gasteiger partial charge is 0.207 e. The van der Waals surface area contributed by atoms with Crippen molar-refractivity contribution < 1.29 is 4.39 Å². The smallest absolute Gasteiger partial charge is 0.128 e. The highest BCUT2D eigenvalue weighted by atomic mass is 35.5. The van der Waals surface area contributed by atoms with E-state index in [0.29, 0.717) is 10.9 Å². The molecule has 0 nitrogen and oxygen atoms in total. The summed E-state index contributed by atoms with van der Waals surface area (Å²) in [5.41, 5.74) is 0.749. The molecule has 0 radical (unpaired) electrons. The topological polar surface area (TPSA) is 0 Å². The van der Waals surface area contributed by atoms with Gasteiger partial charge in [0.05, 0.1) is 0 Å². The summed E-state index contributed by atoms with van der Waals surface area (Å²) < 4.78 is 13.4. The summed E-state index contributed by atoms with van der Waals surface area (Å²) >= 11 is 5.66. The summed E-state index contributed by atoms with van der Waals surface area (Å²) in [7, 11) is 0. The Bertz CT molecular complexity index is 294. The van der Waals surface area contributed by atoms with Crippen LogP contribution in [0.25, 0.3) is 0 Å². The molecule has 0 saturated carbocycles. The van der Waals surface area contributed by atoms with Gasteiger partial charge >= 0.3 is 0 Å². The zero-order valence-electron chi connectivity index (χ0n) is 8.14. The molecule has 0 aromatic heterocycles. The van der Waals surface area contributed by atoms with Gasteiger partial charge in [-0.1, -0.05) is 38.4 Å². The lowest BCUT2D eigenvalue weighted by atomic mass is 9.90. The molecule has 1 aromatic carbocycles. The molecule has 13 heavy (non-hydrogen) atoms. The molecule has 0 saturated heterocycles. The van der Waals surface area contributed by atoms with E-state index < -0.39 is 0 Å². The molecule has 0 aliphatic carbocycles. The molecule has 1 aromatic rings. The normalized spacial score (nSPS) is 13.4. The number of halogens is 2. The molecular weight excluding hydrogens is 187 g/mol. The summed E-state index contributed by atoms with van der Waals surface area (Å²) in [4.78, 5) is 0. The summed E-state index contributed by atoms with van der Waals surface area (Å²) in [6.45, 7) is 6.19. The average Bonchev–Trinajstić information content (AvgIpc) is 2.03. The first kappa shape index (κ1) is 10.5. The van der Waals surface area contributed by atoms with Crippen LogP contribution in [0.4, 0.5) is 4.39 Å². The molecule has 1 rings (SSSR count). The van der Waals surface area contributed by atoms with Gasteiger partial charge in [0.2, 0.25) is 0 Å². The van der Waals surface area contributed by atoms with Crippen LogP contribution in [-0.2, 0) is 0 Å². The van der Waals surface area contributed by atoms with Crippen molar-refractivity contribution in [1.82, 2.24) is 0 Å². The lowest BCUT2D eigenvalue weighted by Crippen LogP contribution is -2.04. The quantitative estimate of drug-likeness (QED) is 0.670. The van der Waals surface area contributed by atoms with Gasteiger partial charge in [-0.25, -0.2) is 4.39 Å². The van der Waals surface area contributed by atoms with E-state index in [9.17, 15) is 4.39 Å². The predicted octanol–water partition coefficient (Wildman–Crippen LogP) is 4.24. The molecule has 2 heteroatoms. The summed E-state index contributed by atoms with van der Waals surface area (Å²) in [5, 5.41) is 0.456. The van der Waals surface area contributed by atoms with E-state index in [1.807, 2.05) is 6.92 Å². The zero-order valence-corrected chi connectivity index (χ0v) is 8.90. The highest BCUT2D eigenvalue weighted by Gasteiger charge is 2.14. The van der Waals surface area contributed by atoms with Gasteiger partial charge in [-0.2, -0.15) is 0 Å². The Morgan fingerprint density at radius 1 is 1.23 bits per heavy atom. The van der Waals surface area contributed by atoms with E-state index in [-0.39, 0.29) is 11.7 Å². The fraction of sp³-hybridized carbons (Fsp3) is 0.455. The third kappa shape index (κ3) is 2.44. The van der Waals surface area contributed by atoms with Gasteiger partial charge in [-0.05, 0) is 29.5 Å². The van der Waals surface area contributed by atoms with E-state index in [2.05, 4.69) is 13.8 Å². The van der Waals surface area contributed by atoms with Crippen LogP contribution >= 0.6 is 11.6 Å². The SMILES string of the molecule is CC(C)[C@@H](C)c1ccc(Cl)cc1F. The number of hydrogen-bond acceptors (Lipinski definition) is 0. The van der Waals surface area contributed by atoms with Crippen molar-refractivity contribution in [2.24, 2.45) is 5.92 Å². The van der Waals surface area contributed by atoms with Crippen molar-refractivity contribution in [3.63, 3.8) is 0 Å². The summed E-state index contributed by atoms with van der Waals surface area (Å²) in [6, 6.07) is 4.87. The lowest BCUT2D eigenvalue weighted by molar-refractivity contribution is 0.501. The first-order valence-electron chi connectivity index (χ1n) is 4.47. The molecule has 0 N–H and O–H groups in total. The monoisotopic (exact) mass is 200 g/mol. The van der Waals surface area contributed by atoms with Crippen LogP contribution in [0.2, 0.25) is 5.02 Å². The zero-order chi connectivity index (χ0) is 10.0. The van der Waals surface area contributed by atoms with Crippen LogP contribution < -0.4 is 0 Å². The van der Waals surface area contributed by atoms with Gasteiger partial charge < -0.3 is 0 Å². The summed E-state index contributed by atoms with van der Waals surface area (Å²) in [5.74, 6) is 0.474. The predicted molar refractivity (Wildman–Crippen MR) is 54.7 cm³/mol. The van der Waals surface area contributed by atoms with E-state index in [1.54, 1.807) is 12.1 Å². The first-order chi connectivity index (χ1) is 6.02. The number of benzene rings is 1. The molecule has 0 bridgehead atoms. The molecule has 0 heterocycles. The fourth-order valence-corrected chi connectivity index (χ4v) is 1.39. The Balaban J connectivity index is 3.01. The Morgan fingerprint density at radius 2 is 1.85 bits per heavy atom. The Hall–Kier alpha value is -0.560.